The molecule has 0 radical (unpaired) electrons. The number of rotatable bonds is 3. The summed E-state index contributed by atoms with van der Waals surface area (Å²) in [6, 6.07) is 69.5. The van der Waals surface area contributed by atoms with Crippen molar-refractivity contribution in [3.63, 3.8) is 0 Å². The van der Waals surface area contributed by atoms with Gasteiger partial charge in [0, 0.05) is 21.2 Å². The molecule has 0 atom stereocenters. The molecule has 12 rings (SSSR count). The third kappa shape index (κ3) is 3.99. The van der Waals surface area contributed by atoms with E-state index in [9.17, 15) is 0 Å². The van der Waals surface area contributed by atoms with Crippen LogP contribution in [0.1, 0.15) is 0 Å². The monoisotopic (exact) mass is 721 g/mol. The molecule has 2 nitrogen and oxygen atoms in total. The zero-order valence-electron chi connectivity index (χ0n) is 29.2. The van der Waals surface area contributed by atoms with Gasteiger partial charge in [0.1, 0.15) is 5.75 Å². The maximum absolute atomic E-state index is 7.26. The van der Waals surface area contributed by atoms with Crippen LogP contribution in [0.2, 0.25) is 0 Å². The molecule has 0 unspecified atom stereocenters. The fraction of sp³-hybridized carbons (Fsp3) is 0. The maximum Gasteiger partial charge on any atom is 0.189 e. The van der Waals surface area contributed by atoms with E-state index in [4.69, 9.17) is 4.74 Å². The molecule has 2 aliphatic heterocycles. The minimum absolute atomic E-state index is 0.936. The highest BCUT2D eigenvalue weighted by atomic mass is 32.1. The summed E-state index contributed by atoms with van der Waals surface area (Å²) < 4.78 is 9.81. The molecule has 0 aliphatic carbocycles. The average molecular weight is 722 g/mol. The molecule has 1 aromatic heterocycles. The van der Waals surface area contributed by atoms with Crippen molar-refractivity contribution < 1.29 is 4.74 Å². The van der Waals surface area contributed by atoms with E-state index in [1.54, 1.807) is 0 Å². The molecule has 0 fully saturated rings. The summed E-state index contributed by atoms with van der Waals surface area (Å²) in [6.45, 7) is 0. The number of hydrogen-bond donors (Lipinski definition) is 0. The summed E-state index contributed by atoms with van der Waals surface area (Å²) in [5, 5.41) is 13.0. The van der Waals surface area contributed by atoms with Crippen molar-refractivity contribution in [2.24, 2.45) is 0 Å². The van der Waals surface area contributed by atoms with E-state index in [0.717, 1.165) is 28.6 Å². The van der Waals surface area contributed by atoms with E-state index >= 15 is 0 Å². The summed E-state index contributed by atoms with van der Waals surface area (Å²) in [5.74, 6) is 1.88. The molecule has 3 heterocycles. The number of benzene rings is 9. The van der Waals surface area contributed by atoms with Gasteiger partial charge in [-0.15, -0.1) is 11.3 Å². The van der Waals surface area contributed by atoms with Gasteiger partial charge in [0.05, 0.1) is 16.1 Å². The summed E-state index contributed by atoms with van der Waals surface area (Å²) in [5.41, 5.74) is 5.96. The lowest BCUT2D eigenvalue weighted by molar-refractivity contribution is 0.488. The maximum atomic E-state index is 7.26. The van der Waals surface area contributed by atoms with Crippen LogP contribution in [-0.2, 0) is 0 Å². The lowest BCUT2D eigenvalue weighted by atomic mass is 10.0. The number of hydrogen-bond acceptors (Lipinski definition) is 3. The molecule has 2 aliphatic rings. The minimum atomic E-state index is -2.78. The number of anilines is 3. The summed E-state index contributed by atoms with van der Waals surface area (Å²) >= 11 is 1.86. The Balaban J connectivity index is 1.19. The van der Waals surface area contributed by atoms with Gasteiger partial charge in [0.2, 0.25) is 0 Å². The van der Waals surface area contributed by atoms with Gasteiger partial charge >= 0.3 is 0 Å². The first kappa shape index (κ1) is 30.0. The van der Waals surface area contributed by atoms with Crippen LogP contribution in [0.4, 0.5) is 17.1 Å². The zero-order chi connectivity index (χ0) is 35.4. The van der Waals surface area contributed by atoms with Gasteiger partial charge in [-0.3, -0.25) is 0 Å². The van der Waals surface area contributed by atoms with E-state index < -0.39 is 8.07 Å². The van der Waals surface area contributed by atoms with Crippen LogP contribution < -0.4 is 30.4 Å². The zero-order valence-corrected chi connectivity index (χ0v) is 31.0. The number of nitrogens with zero attached hydrogens (tertiary/aromatic N) is 1. The van der Waals surface area contributed by atoms with E-state index in [1.807, 2.05) is 11.3 Å². The SMILES string of the molecule is c1ccc2c(c1)Oc1c(N(c3ccc4c(ccc5ccccc54)c3)c3cccc4c3sc3ccccc34)cccc1[Si]21c2ccccc2-c2ccccc21. The molecular weight excluding hydrogens is 691 g/mol. The molecule has 252 valence electrons. The molecule has 10 aromatic rings. The lowest BCUT2D eigenvalue weighted by Crippen LogP contribution is -2.74. The average Bonchev–Trinajstić information content (AvgIpc) is 3.76. The van der Waals surface area contributed by atoms with Gasteiger partial charge in [-0.05, 0) is 89.8 Å². The first-order chi connectivity index (χ1) is 26.8. The first-order valence-corrected chi connectivity index (χ1v) is 21.3. The Kier molecular flexibility index (Phi) is 6.27. The highest BCUT2D eigenvalue weighted by Gasteiger charge is 2.54. The summed E-state index contributed by atoms with van der Waals surface area (Å²) in [7, 11) is -2.78. The van der Waals surface area contributed by atoms with E-state index in [1.165, 1.54) is 73.6 Å². The summed E-state index contributed by atoms with van der Waals surface area (Å²) in [4.78, 5) is 2.47. The van der Waals surface area contributed by atoms with Crippen molar-refractivity contribution in [3.05, 3.63) is 188 Å². The Morgan fingerprint density at radius 1 is 0.426 bits per heavy atom. The van der Waals surface area contributed by atoms with Crippen molar-refractivity contribution in [2.75, 3.05) is 4.90 Å². The molecule has 0 bridgehead atoms. The van der Waals surface area contributed by atoms with Gasteiger partial charge in [-0.1, -0.05) is 152 Å². The quantitative estimate of drug-likeness (QED) is 0.133. The topological polar surface area (TPSA) is 12.5 Å². The van der Waals surface area contributed by atoms with Crippen molar-refractivity contribution in [3.8, 4) is 22.6 Å². The van der Waals surface area contributed by atoms with Crippen molar-refractivity contribution in [1.82, 2.24) is 0 Å². The molecule has 0 amide bonds. The van der Waals surface area contributed by atoms with Crippen LogP contribution in [-0.4, -0.2) is 8.07 Å². The molecule has 1 spiro atoms. The van der Waals surface area contributed by atoms with Gasteiger partial charge < -0.3 is 9.64 Å². The summed E-state index contributed by atoms with van der Waals surface area (Å²) in [6.07, 6.45) is 0. The highest BCUT2D eigenvalue weighted by molar-refractivity contribution is 7.26. The van der Waals surface area contributed by atoms with Gasteiger partial charge in [-0.2, -0.15) is 0 Å². The van der Waals surface area contributed by atoms with E-state index in [-0.39, 0.29) is 0 Å². The normalized spacial score (nSPS) is 13.5. The number of thiophene rings is 1. The Hall–Kier alpha value is -6.46. The molecule has 0 saturated heterocycles. The van der Waals surface area contributed by atoms with E-state index in [2.05, 4.69) is 193 Å². The Morgan fingerprint density at radius 3 is 1.89 bits per heavy atom. The molecule has 54 heavy (non-hydrogen) atoms. The van der Waals surface area contributed by atoms with E-state index in [0.29, 0.717) is 0 Å². The van der Waals surface area contributed by atoms with Crippen molar-refractivity contribution in [1.29, 1.82) is 0 Å². The molecular formula is C50H31NOSSi. The smallest absolute Gasteiger partial charge is 0.189 e. The Morgan fingerprint density at radius 2 is 1.04 bits per heavy atom. The largest absolute Gasteiger partial charge is 0.455 e. The Bertz CT molecular complexity index is 3130. The lowest BCUT2D eigenvalue weighted by Gasteiger charge is -2.39. The predicted molar refractivity (Wildman–Crippen MR) is 232 cm³/mol. The third-order valence-electron chi connectivity index (χ3n) is 11.7. The van der Waals surface area contributed by atoms with Crippen molar-refractivity contribution >= 4 is 98.9 Å². The predicted octanol–water partition coefficient (Wildman–Crippen LogP) is 11.3. The molecule has 4 heteroatoms. The van der Waals surface area contributed by atoms with Crippen LogP contribution >= 0.6 is 11.3 Å². The fourth-order valence-corrected chi connectivity index (χ4v) is 16.1. The van der Waals surface area contributed by atoms with Crippen LogP contribution in [0.3, 0.4) is 0 Å². The Labute approximate surface area is 317 Å². The van der Waals surface area contributed by atoms with Crippen LogP contribution in [0, 0.1) is 0 Å². The highest BCUT2D eigenvalue weighted by Crippen LogP contribution is 2.49. The van der Waals surface area contributed by atoms with Crippen LogP contribution in [0.5, 0.6) is 11.5 Å². The number of fused-ring (bicyclic) bond motifs is 15. The fourth-order valence-electron chi connectivity index (χ4n) is 9.50. The molecule has 0 N–H and O–H groups in total. The second kappa shape index (κ2) is 11.3. The molecule has 9 aromatic carbocycles. The number of ether oxygens (including phenoxy) is 1. The van der Waals surface area contributed by atoms with Crippen LogP contribution in [0.25, 0.3) is 52.8 Å². The van der Waals surface area contributed by atoms with Gasteiger partial charge in [-0.25, -0.2) is 0 Å². The first-order valence-electron chi connectivity index (χ1n) is 18.5. The van der Waals surface area contributed by atoms with Gasteiger partial charge in [0.15, 0.2) is 13.8 Å². The minimum Gasteiger partial charge on any atom is -0.455 e. The second-order valence-corrected chi connectivity index (χ2v) is 19.1. The molecule has 0 saturated carbocycles. The van der Waals surface area contributed by atoms with Crippen LogP contribution in [0.15, 0.2) is 188 Å². The van der Waals surface area contributed by atoms with Crippen molar-refractivity contribution in [2.45, 2.75) is 0 Å². The third-order valence-corrected chi connectivity index (χ3v) is 17.8. The standard InChI is InChI=1S/C50H31NOSSi/c1-2-14-35-32(13-1)27-28-33-31-34(29-30-36(33)35)51(42-20-11-18-40-37-15-3-7-22-44(37)53-50(40)42)41-19-12-26-48-49(41)52-43-21-6-10-25-47(43)54(48)45-23-8-4-16-38(45)39-17-5-9-24-46(39)54/h1-31H. The number of para-hydroxylation sites is 2. The second-order valence-electron chi connectivity index (χ2n) is 14.4. The van der Waals surface area contributed by atoms with Gasteiger partial charge in [0.25, 0.3) is 0 Å².